The number of oxime groups is 1. The van der Waals surface area contributed by atoms with Crippen molar-refractivity contribution >= 4 is 11.7 Å². The molecular weight excluding hydrogens is 369 g/mol. The van der Waals surface area contributed by atoms with E-state index in [1.165, 1.54) is 0 Å². The number of rotatable bonds is 5. The third-order valence-electron chi connectivity index (χ3n) is 4.12. The van der Waals surface area contributed by atoms with E-state index in [0.717, 1.165) is 0 Å². The van der Waals surface area contributed by atoms with E-state index in [-0.39, 0.29) is 11.8 Å². The number of allylic oxidation sites excluding steroid dienone is 6. The molecule has 0 aromatic heterocycles. The van der Waals surface area contributed by atoms with Crippen molar-refractivity contribution in [2.75, 3.05) is 0 Å². The summed E-state index contributed by atoms with van der Waals surface area (Å²) in [6.45, 7) is 3.53. The van der Waals surface area contributed by atoms with Crippen molar-refractivity contribution in [2.24, 2.45) is 17.0 Å². The molecule has 2 rings (SSSR count). The molecule has 0 aliphatic heterocycles. The molecular formula is C19H16F5NO2. The van der Waals surface area contributed by atoms with Crippen molar-refractivity contribution in [3.63, 3.8) is 0 Å². The Bertz CT molecular complexity index is 813. The average Bonchev–Trinajstić information content (AvgIpc) is 2.94. The first-order valence-electron chi connectivity index (χ1n) is 8.10. The van der Waals surface area contributed by atoms with Gasteiger partial charge in [-0.2, -0.15) is 0 Å². The Morgan fingerprint density at radius 3 is 1.93 bits per heavy atom. The molecule has 144 valence electrons. The van der Waals surface area contributed by atoms with Gasteiger partial charge in [0.05, 0.1) is 5.71 Å². The monoisotopic (exact) mass is 385 g/mol. The van der Waals surface area contributed by atoms with E-state index in [1.807, 2.05) is 36.5 Å². The van der Waals surface area contributed by atoms with Crippen molar-refractivity contribution in [1.29, 1.82) is 0 Å². The molecule has 27 heavy (non-hydrogen) atoms. The van der Waals surface area contributed by atoms with Gasteiger partial charge < -0.3 is 4.84 Å². The molecule has 3 nitrogen and oxygen atoms in total. The van der Waals surface area contributed by atoms with E-state index in [0.29, 0.717) is 12.1 Å². The summed E-state index contributed by atoms with van der Waals surface area (Å²) in [4.78, 5) is 16.4. The lowest BCUT2D eigenvalue weighted by Crippen LogP contribution is -2.20. The Morgan fingerprint density at radius 1 is 0.963 bits per heavy atom. The number of carbonyl (C=O) groups is 1. The molecule has 1 aliphatic carbocycles. The summed E-state index contributed by atoms with van der Waals surface area (Å²) in [5.74, 6) is -13.4. The second kappa shape index (κ2) is 8.75. The summed E-state index contributed by atoms with van der Waals surface area (Å²) in [6.07, 6.45) is 11.4. The van der Waals surface area contributed by atoms with Gasteiger partial charge in [0.15, 0.2) is 23.3 Å². The molecule has 1 unspecified atom stereocenters. The van der Waals surface area contributed by atoms with Crippen LogP contribution >= 0.6 is 0 Å². The maximum atomic E-state index is 13.7. The molecule has 0 fully saturated rings. The molecule has 1 atom stereocenters. The lowest BCUT2D eigenvalue weighted by molar-refractivity contribution is 0.0498. The maximum absolute atomic E-state index is 13.7. The fraction of sp³-hybridized carbons (Fsp3) is 0.263. The highest BCUT2D eigenvalue weighted by Gasteiger charge is 2.31. The molecule has 0 radical (unpaired) electrons. The Labute approximate surface area is 152 Å². The third kappa shape index (κ3) is 4.32. The van der Waals surface area contributed by atoms with E-state index in [4.69, 9.17) is 0 Å². The topological polar surface area (TPSA) is 38.7 Å². The minimum atomic E-state index is -2.35. The first-order valence-corrected chi connectivity index (χ1v) is 8.10. The predicted octanol–water partition coefficient (Wildman–Crippen LogP) is 5.24. The summed E-state index contributed by atoms with van der Waals surface area (Å²) >= 11 is 0. The van der Waals surface area contributed by atoms with E-state index < -0.39 is 40.6 Å². The van der Waals surface area contributed by atoms with Crippen LogP contribution < -0.4 is 0 Å². The van der Waals surface area contributed by atoms with Crippen LogP contribution in [0.2, 0.25) is 0 Å². The van der Waals surface area contributed by atoms with Gasteiger partial charge in [-0.1, -0.05) is 55.5 Å². The number of carbonyl (C=O) groups excluding carboxylic acids is 1. The van der Waals surface area contributed by atoms with Crippen molar-refractivity contribution < 1.29 is 31.6 Å². The second-order valence-electron chi connectivity index (χ2n) is 5.78. The zero-order chi connectivity index (χ0) is 20.1. The zero-order valence-electron chi connectivity index (χ0n) is 14.5. The molecule has 0 spiro atoms. The zero-order valence-corrected chi connectivity index (χ0v) is 14.5. The second-order valence-corrected chi connectivity index (χ2v) is 5.78. The number of hydrogen-bond donors (Lipinski definition) is 0. The van der Waals surface area contributed by atoms with E-state index in [2.05, 4.69) is 9.99 Å². The van der Waals surface area contributed by atoms with Crippen LogP contribution in [0, 0.1) is 40.9 Å². The van der Waals surface area contributed by atoms with Gasteiger partial charge in [-0.15, -0.1) is 0 Å². The average molecular weight is 385 g/mol. The van der Waals surface area contributed by atoms with Crippen LogP contribution in [0.4, 0.5) is 22.0 Å². The Kier molecular flexibility index (Phi) is 6.65. The van der Waals surface area contributed by atoms with Crippen LogP contribution in [-0.4, -0.2) is 11.7 Å². The quantitative estimate of drug-likeness (QED) is 0.174. The molecule has 0 amide bonds. The first-order chi connectivity index (χ1) is 12.8. The van der Waals surface area contributed by atoms with Crippen molar-refractivity contribution in [1.82, 2.24) is 0 Å². The van der Waals surface area contributed by atoms with Crippen molar-refractivity contribution in [3.8, 4) is 0 Å². The smallest absolute Gasteiger partial charge is 0.313 e. The molecule has 0 saturated carbocycles. The minimum absolute atomic E-state index is 0.0772. The molecule has 1 aliphatic rings. The van der Waals surface area contributed by atoms with Gasteiger partial charge in [-0.05, 0) is 6.42 Å². The van der Waals surface area contributed by atoms with Crippen LogP contribution in [0.15, 0.2) is 41.6 Å². The SMILES string of the molecule is CC/C(=N\OC(=O)c1c(F)c(F)c(F)c(F)c1F)C(C)C1C=CC=CC=C1. The summed E-state index contributed by atoms with van der Waals surface area (Å²) in [5, 5.41) is 3.60. The first kappa shape index (κ1) is 20.5. The normalized spacial score (nSPS) is 15.7. The minimum Gasteiger partial charge on any atom is -0.313 e. The Balaban J connectivity index is 2.27. The molecule has 0 N–H and O–H groups in total. The molecule has 0 heterocycles. The molecule has 1 aromatic carbocycles. The molecule has 1 aromatic rings. The summed E-state index contributed by atoms with van der Waals surface area (Å²) in [7, 11) is 0. The van der Waals surface area contributed by atoms with Crippen LogP contribution in [-0.2, 0) is 4.84 Å². The number of benzene rings is 1. The van der Waals surface area contributed by atoms with Gasteiger partial charge in [0.1, 0.15) is 5.56 Å². The van der Waals surface area contributed by atoms with E-state index >= 15 is 0 Å². The number of halogens is 5. The van der Waals surface area contributed by atoms with Gasteiger partial charge >= 0.3 is 5.97 Å². The van der Waals surface area contributed by atoms with Gasteiger partial charge in [0.2, 0.25) is 5.82 Å². The molecule has 0 bridgehead atoms. The Hall–Kier alpha value is -2.77. The number of nitrogens with zero attached hydrogens (tertiary/aromatic N) is 1. The van der Waals surface area contributed by atoms with Crippen molar-refractivity contribution in [3.05, 3.63) is 71.1 Å². The molecule has 8 heteroatoms. The lowest BCUT2D eigenvalue weighted by atomic mass is 9.88. The van der Waals surface area contributed by atoms with Crippen molar-refractivity contribution in [2.45, 2.75) is 20.3 Å². The summed E-state index contributed by atoms with van der Waals surface area (Å²) < 4.78 is 66.8. The highest BCUT2D eigenvalue weighted by Crippen LogP contribution is 2.24. The fourth-order valence-electron chi connectivity index (χ4n) is 2.53. The van der Waals surface area contributed by atoms with Crippen LogP contribution in [0.1, 0.15) is 30.6 Å². The third-order valence-corrected chi connectivity index (χ3v) is 4.12. The van der Waals surface area contributed by atoms with Gasteiger partial charge in [-0.3, -0.25) is 0 Å². The summed E-state index contributed by atoms with van der Waals surface area (Å²) in [6, 6.07) is 0. The Morgan fingerprint density at radius 2 is 1.44 bits per heavy atom. The van der Waals surface area contributed by atoms with Crippen LogP contribution in [0.3, 0.4) is 0 Å². The number of hydrogen-bond acceptors (Lipinski definition) is 3. The fourth-order valence-corrected chi connectivity index (χ4v) is 2.53. The van der Waals surface area contributed by atoms with Crippen LogP contribution in [0.25, 0.3) is 0 Å². The maximum Gasteiger partial charge on any atom is 0.371 e. The lowest BCUT2D eigenvalue weighted by Gasteiger charge is -2.18. The highest BCUT2D eigenvalue weighted by molar-refractivity contribution is 5.92. The highest BCUT2D eigenvalue weighted by atomic mass is 19.2. The van der Waals surface area contributed by atoms with E-state index in [9.17, 15) is 26.7 Å². The van der Waals surface area contributed by atoms with Crippen LogP contribution in [0.5, 0.6) is 0 Å². The largest absolute Gasteiger partial charge is 0.371 e. The standard InChI is InChI=1S/C19H16F5NO2/c1-3-12(10(2)11-8-6-4-5-7-9-11)25-27-19(26)13-14(20)16(22)18(24)17(23)15(13)21/h4-11H,3H2,1-2H3/b25-12+. The van der Waals surface area contributed by atoms with Gasteiger partial charge in [0, 0.05) is 11.8 Å². The van der Waals surface area contributed by atoms with E-state index in [1.54, 1.807) is 13.8 Å². The molecule has 0 saturated heterocycles. The van der Waals surface area contributed by atoms with Gasteiger partial charge in [-0.25, -0.2) is 26.7 Å². The summed E-state index contributed by atoms with van der Waals surface area (Å²) in [5.41, 5.74) is -1.30. The predicted molar refractivity (Wildman–Crippen MR) is 89.4 cm³/mol. The van der Waals surface area contributed by atoms with Gasteiger partial charge in [0.25, 0.3) is 0 Å².